The van der Waals surface area contributed by atoms with Crippen molar-refractivity contribution in [2.75, 3.05) is 23.8 Å². The Morgan fingerprint density at radius 3 is 2.53 bits per heavy atom. The summed E-state index contributed by atoms with van der Waals surface area (Å²) in [6.45, 7) is 3.77. The number of nitrogens with one attached hydrogen (secondary N) is 2. The van der Waals surface area contributed by atoms with Gasteiger partial charge in [0.1, 0.15) is 0 Å². The van der Waals surface area contributed by atoms with E-state index in [4.69, 9.17) is 5.11 Å². The number of carbonyl (C=O) groups excluding carboxylic acids is 1. The van der Waals surface area contributed by atoms with Gasteiger partial charge in [-0.25, -0.2) is 0 Å². The minimum Gasteiger partial charge on any atom is -0.394 e. The molecule has 1 aromatic carbocycles. The quantitative estimate of drug-likeness (QED) is 0.602. The molecular formula is C14H22N2O3. The highest BCUT2D eigenvalue weighted by molar-refractivity contribution is 5.95. The summed E-state index contributed by atoms with van der Waals surface area (Å²) in [5, 5.41) is 23.9. The molecule has 0 radical (unpaired) electrons. The number of aliphatic hydroxyl groups is 2. The van der Waals surface area contributed by atoms with Crippen LogP contribution in [-0.4, -0.2) is 35.4 Å². The molecule has 2 unspecified atom stereocenters. The first kappa shape index (κ1) is 15.5. The molecule has 2 atom stereocenters. The van der Waals surface area contributed by atoms with Crippen LogP contribution < -0.4 is 10.6 Å². The van der Waals surface area contributed by atoms with Crippen molar-refractivity contribution in [1.29, 1.82) is 0 Å². The SMILES string of the molecule is CCC(C)C(=O)Nc1ccccc1NCC(O)CO. The summed E-state index contributed by atoms with van der Waals surface area (Å²) in [5.41, 5.74) is 1.41. The molecule has 1 aromatic rings. The summed E-state index contributed by atoms with van der Waals surface area (Å²) in [6.07, 6.45) is -0.0386. The van der Waals surface area contributed by atoms with E-state index in [1.165, 1.54) is 0 Å². The molecule has 106 valence electrons. The Kier molecular flexibility index (Phi) is 6.32. The second kappa shape index (κ2) is 7.76. The van der Waals surface area contributed by atoms with Crippen molar-refractivity contribution < 1.29 is 15.0 Å². The molecule has 1 rings (SSSR count). The Labute approximate surface area is 113 Å². The summed E-state index contributed by atoms with van der Waals surface area (Å²) >= 11 is 0. The molecule has 0 bridgehead atoms. The Hall–Kier alpha value is -1.59. The fourth-order valence-electron chi connectivity index (χ4n) is 1.48. The first-order valence-electron chi connectivity index (χ1n) is 6.51. The van der Waals surface area contributed by atoms with Crippen molar-refractivity contribution >= 4 is 17.3 Å². The molecule has 0 aromatic heterocycles. The minimum atomic E-state index is -0.821. The maximum absolute atomic E-state index is 11.9. The molecule has 19 heavy (non-hydrogen) atoms. The van der Waals surface area contributed by atoms with Crippen molar-refractivity contribution in [3.63, 3.8) is 0 Å². The zero-order valence-corrected chi connectivity index (χ0v) is 11.4. The van der Waals surface area contributed by atoms with Gasteiger partial charge < -0.3 is 20.8 Å². The van der Waals surface area contributed by atoms with E-state index in [1.807, 2.05) is 32.0 Å². The van der Waals surface area contributed by atoms with E-state index < -0.39 is 6.10 Å². The minimum absolute atomic E-state index is 0.0283. The summed E-state index contributed by atoms with van der Waals surface area (Å²) in [5.74, 6) is -0.0736. The topological polar surface area (TPSA) is 81.6 Å². The fraction of sp³-hybridized carbons (Fsp3) is 0.500. The molecular weight excluding hydrogens is 244 g/mol. The van der Waals surface area contributed by atoms with Crippen molar-refractivity contribution in [2.45, 2.75) is 26.4 Å². The lowest BCUT2D eigenvalue weighted by atomic mass is 10.1. The fourth-order valence-corrected chi connectivity index (χ4v) is 1.48. The highest BCUT2D eigenvalue weighted by Gasteiger charge is 2.12. The van der Waals surface area contributed by atoms with E-state index in [0.29, 0.717) is 5.69 Å². The van der Waals surface area contributed by atoms with Crippen LogP contribution in [0.2, 0.25) is 0 Å². The molecule has 0 aliphatic carbocycles. The number of rotatable bonds is 7. The van der Waals surface area contributed by atoms with Crippen LogP contribution in [0.25, 0.3) is 0 Å². The van der Waals surface area contributed by atoms with E-state index in [2.05, 4.69) is 10.6 Å². The third kappa shape index (κ3) is 4.89. The smallest absolute Gasteiger partial charge is 0.227 e. The molecule has 0 fully saturated rings. The predicted molar refractivity (Wildman–Crippen MR) is 76.1 cm³/mol. The van der Waals surface area contributed by atoms with Gasteiger partial charge in [-0.3, -0.25) is 4.79 Å². The van der Waals surface area contributed by atoms with Crippen molar-refractivity contribution in [3.8, 4) is 0 Å². The number of anilines is 2. The highest BCUT2D eigenvalue weighted by atomic mass is 16.3. The number of hydrogen-bond donors (Lipinski definition) is 4. The van der Waals surface area contributed by atoms with Crippen LogP contribution in [0.4, 0.5) is 11.4 Å². The van der Waals surface area contributed by atoms with Crippen LogP contribution in [0.3, 0.4) is 0 Å². The lowest BCUT2D eigenvalue weighted by Crippen LogP contribution is -2.24. The Morgan fingerprint density at radius 2 is 1.95 bits per heavy atom. The van der Waals surface area contributed by atoms with Crippen LogP contribution in [0.15, 0.2) is 24.3 Å². The summed E-state index contributed by atoms with van der Waals surface area (Å²) in [6, 6.07) is 7.29. The second-order valence-electron chi connectivity index (χ2n) is 4.56. The summed E-state index contributed by atoms with van der Waals surface area (Å²) < 4.78 is 0. The summed E-state index contributed by atoms with van der Waals surface area (Å²) in [4.78, 5) is 11.9. The van der Waals surface area contributed by atoms with E-state index in [0.717, 1.165) is 12.1 Å². The largest absolute Gasteiger partial charge is 0.394 e. The van der Waals surface area contributed by atoms with Gasteiger partial charge in [0.05, 0.1) is 24.1 Å². The van der Waals surface area contributed by atoms with Gasteiger partial charge in [-0.2, -0.15) is 0 Å². The van der Waals surface area contributed by atoms with Crippen molar-refractivity contribution in [1.82, 2.24) is 0 Å². The van der Waals surface area contributed by atoms with Gasteiger partial charge in [0, 0.05) is 12.5 Å². The normalized spacial score (nSPS) is 13.7. The lowest BCUT2D eigenvalue weighted by Gasteiger charge is -2.16. The molecule has 5 heteroatoms. The average Bonchev–Trinajstić information content (AvgIpc) is 2.44. The van der Waals surface area contributed by atoms with E-state index in [9.17, 15) is 9.90 Å². The standard InChI is InChI=1S/C14H22N2O3/c1-3-10(2)14(19)16-13-7-5-4-6-12(13)15-8-11(18)9-17/h4-7,10-11,15,17-18H,3,8-9H2,1-2H3,(H,16,19). The van der Waals surface area contributed by atoms with Crippen LogP contribution >= 0.6 is 0 Å². The van der Waals surface area contributed by atoms with Crippen LogP contribution in [0.5, 0.6) is 0 Å². The monoisotopic (exact) mass is 266 g/mol. The number of benzene rings is 1. The molecule has 4 N–H and O–H groups in total. The third-order valence-electron chi connectivity index (χ3n) is 2.98. The van der Waals surface area contributed by atoms with Crippen molar-refractivity contribution in [3.05, 3.63) is 24.3 Å². The molecule has 5 nitrogen and oxygen atoms in total. The zero-order chi connectivity index (χ0) is 14.3. The van der Waals surface area contributed by atoms with Gasteiger partial charge in [-0.1, -0.05) is 26.0 Å². The Bertz CT molecular complexity index is 409. The van der Waals surface area contributed by atoms with Gasteiger partial charge in [-0.05, 0) is 18.6 Å². The van der Waals surface area contributed by atoms with Crippen LogP contribution in [0.1, 0.15) is 20.3 Å². The Balaban J connectivity index is 2.70. The lowest BCUT2D eigenvalue weighted by molar-refractivity contribution is -0.119. The first-order valence-corrected chi connectivity index (χ1v) is 6.51. The Morgan fingerprint density at radius 1 is 1.32 bits per heavy atom. The number of amides is 1. The molecule has 0 aliphatic heterocycles. The molecule has 0 heterocycles. The average molecular weight is 266 g/mol. The molecule has 0 aliphatic rings. The summed E-state index contributed by atoms with van der Waals surface area (Å²) in [7, 11) is 0. The molecule has 0 saturated carbocycles. The van der Waals surface area contributed by atoms with E-state index in [1.54, 1.807) is 6.07 Å². The number of hydrogen-bond acceptors (Lipinski definition) is 4. The molecule has 0 saturated heterocycles. The van der Waals surface area contributed by atoms with Gasteiger partial charge >= 0.3 is 0 Å². The van der Waals surface area contributed by atoms with Crippen LogP contribution in [-0.2, 0) is 4.79 Å². The van der Waals surface area contributed by atoms with Gasteiger partial charge in [0.2, 0.25) is 5.91 Å². The van der Waals surface area contributed by atoms with Crippen LogP contribution in [0, 0.1) is 5.92 Å². The maximum Gasteiger partial charge on any atom is 0.227 e. The molecule has 1 amide bonds. The van der Waals surface area contributed by atoms with Crippen molar-refractivity contribution in [2.24, 2.45) is 5.92 Å². The number of carbonyl (C=O) groups is 1. The van der Waals surface area contributed by atoms with E-state index >= 15 is 0 Å². The number of aliphatic hydroxyl groups excluding tert-OH is 2. The van der Waals surface area contributed by atoms with Gasteiger partial charge in [-0.15, -0.1) is 0 Å². The zero-order valence-electron chi connectivity index (χ0n) is 11.4. The van der Waals surface area contributed by atoms with Gasteiger partial charge in [0.15, 0.2) is 0 Å². The maximum atomic E-state index is 11.9. The first-order chi connectivity index (χ1) is 9.08. The molecule has 0 spiro atoms. The highest BCUT2D eigenvalue weighted by Crippen LogP contribution is 2.21. The number of para-hydroxylation sites is 2. The van der Waals surface area contributed by atoms with Gasteiger partial charge in [0.25, 0.3) is 0 Å². The third-order valence-corrected chi connectivity index (χ3v) is 2.98. The predicted octanol–water partition coefficient (Wildman–Crippen LogP) is 1.44. The second-order valence-corrected chi connectivity index (χ2v) is 4.56. The van der Waals surface area contributed by atoms with E-state index in [-0.39, 0.29) is 25.0 Å².